The Labute approximate surface area is 192 Å². The van der Waals surface area contributed by atoms with Crippen molar-refractivity contribution < 1.29 is 19.4 Å². The van der Waals surface area contributed by atoms with E-state index in [0.717, 1.165) is 47.1 Å². The zero-order valence-corrected chi connectivity index (χ0v) is 19.5. The number of thioether (sulfide) groups is 1. The highest BCUT2D eigenvalue weighted by Gasteiger charge is 2.10. The molecule has 2 aromatic carbocycles. The van der Waals surface area contributed by atoms with Crippen molar-refractivity contribution in [3.63, 3.8) is 0 Å². The quantitative estimate of drug-likeness (QED) is 0.355. The number of methoxy groups -OCH3 is 2. The first kappa shape index (κ1) is 23.4. The summed E-state index contributed by atoms with van der Waals surface area (Å²) in [6, 6.07) is 14.8. The van der Waals surface area contributed by atoms with Crippen molar-refractivity contribution in [3.8, 4) is 11.5 Å². The van der Waals surface area contributed by atoms with Gasteiger partial charge in [0.25, 0.3) is 0 Å². The molecule has 8 heteroatoms. The Morgan fingerprint density at radius 2 is 1.69 bits per heavy atom. The summed E-state index contributed by atoms with van der Waals surface area (Å²) in [7, 11) is 5.28. The maximum absolute atomic E-state index is 11.0. The van der Waals surface area contributed by atoms with Gasteiger partial charge in [-0.05, 0) is 48.7 Å². The number of nitrogens with zero attached hydrogens (tertiary/aromatic N) is 3. The third-order valence-electron chi connectivity index (χ3n) is 4.96. The van der Waals surface area contributed by atoms with E-state index in [1.807, 2.05) is 50.4 Å². The number of carbonyl (C=O) groups is 1. The van der Waals surface area contributed by atoms with Crippen LogP contribution in [0.5, 0.6) is 11.5 Å². The fraction of sp³-hybridized carbons (Fsp3) is 0.292. The van der Waals surface area contributed by atoms with Crippen LogP contribution in [0.2, 0.25) is 0 Å². The summed E-state index contributed by atoms with van der Waals surface area (Å²) < 4.78 is 10.7. The fourth-order valence-corrected chi connectivity index (χ4v) is 3.98. The number of carboxylic acids is 1. The van der Waals surface area contributed by atoms with Crippen LogP contribution in [-0.2, 0) is 12.2 Å². The third-order valence-corrected chi connectivity index (χ3v) is 5.88. The predicted molar refractivity (Wildman–Crippen MR) is 126 cm³/mol. The number of benzene rings is 2. The largest absolute Gasteiger partial charge is 0.493 e. The maximum atomic E-state index is 11.0. The van der Waals surface area contributed by atoms with E-state index < -0.39 is 5.97 Å². The highest BCUT2D eigenvalue weighted by atomic mass is 32.2. The van der Waals surface area contributed by atoms with Crippen molar-refractivity contribution in [1.82, 2.24) is 9.97 Å². The van der Waals surface area contributed by atoms with E-state index in [4.69, 9.17) is 19.6 Å². The third kappa shape index (κ3) is 6.13. The van der Waals surface area contributed by atoms with E-state index in [1.54, 1.807) is 26.4 Å². The summed E-state index contributed by atoms with van der Waals surface area (Å²) in [5.41, 5.74) is 3.36. The van der Waals surface area contributed by atoms with Gasteiger partial charge >= 0.3 is 5.97 Å². The topological polar surface area (TPSA) is 84.8 Å². The van der Waals surface area contributed by atoms with Gasteiger partial charge in [0, 0.05) is 31.1 Å². The molecular weight excluding hydrogens is 426 g/mol. The Kier molecular flexibility index (Phi) is 7.94. The van der Waals surface area contributed by atoms with Crippen molar-refractivity contribution in [3.05, 3.63) is 70.9 Å². The van der Waals surface area contributed by atoms with E-state index in [0.29, 0.717) is 10.9 Å². The van der Waals surface area contributed by atoms with Gasteiger partial charge in [0.05, 0.1) is 19.8 Å². The van der Waals surface area contributed by atoms with Gasteiger partial charge in [0.15, 0.2) is 16.7 Å². The van der Waals surface area contributed by atoms with Gasteiger partial charge in [0.1, 0.15) is 5.82 Å². The monoisotopic (exact) mass is 453 g/mol. The van der Waals surface area contributed by atoms with Crippen LogP contribution >= 0.6 is 11.8 Å². The number of aromatic nitrogens is 2. The van der Waals surface area contributed by atoms with Crippen LogP contribution in [0.15, 0.2) is 53.7 Å². The minimum absolute atomic E-state index is 0.281. The van der Waals surface area contributed by atoms with Crippen molar-refractivity contribution >= 4 is 23.5 Å². The van der Waals surface area contributed by atoms with Gasteiger partial charge in [-0.25, -0.2) is 14.8 Å². The Hall–Kier alpha value is -3.26. The Balaban J connectivity index is 1.63. The minimum Gasteiger partial charge on any atom is -0.493 e. The molecule has 0 aliphatic heterocycles. The summed E-state index contributed by atoms with van der Waals surface area (Å²) in [4.78, 5) is 22.3. The fourth-order valence-electron chi connectivity index (χ4n) is 3.12. The van der Waals surface area contributed by atoms with Crippen molar-refractivity contribution in [2.75, 3.05) is 32.7 Å². The van der Waals surface area contributed by atoms with Crippen LogP contribution < -0.4 is 14.4 Å². The number of likely N-dealkylation sites (N-methyl/N-ethyl adjacent to an activating group) is 1. The van der Waals surface area contributed by atoms with Crippen molar-refractivity contribution in [2.24, 2.45) is 0 Å². The van der Waals surface area contributed by atoms with E-state index in [2.05, 4.69) is 9.88 Å². The zero-order valence-electron chi connectivity index (χ0n) is 18.7. The van der Waals surface area contributed by atoms with Crippen LogP contribution in [0.1, 0.15) is 27.2 Å². The van der Waals surface area contributed by atoms with Crippen molar-refractivity contribution in [2.45, 2.75) is 24.3 Å². The Bertz CT molecular complexity index is 1070. The average molecular weight is 454 g/mol. The number of anilines is 1. The second kappa shape index (κ2) is 10.9. The number of ether oxygens (including phenoxy) is 2. The molecule has 3 aromatic rings. The molecule has 0 fully saturated rings. The van der Waals surface area contributed by atoms with Gasteiger partial charge in [-0.15, -0.1) is 0 Å². The normalized spacial score (nSPS) is 10.6. The summed E-state index contributed by atoms with van der Waals surface area (Å²) >= 11 is 1.53. The first-order chi connectivity index (χ1) is 15.4. The molecule has 0 atom stereocenters. The summed E-state index contributed by atoms with van der Waals surface area (Å²) in [5.74, 6) is 2.04. The van der Waals surface area contributed by atoms with E-state index in [-0.39, 0.29) is 5.56 Å². The summed E-state index contributed by atoms with van der Waals surface area (Å²) in [6.07, 6.45) is 0.832. The first-order valence-electron chi connectivity index (χ1n) is 10.1. The van der Waals surface area contributed by atoms with Gasteiger partial charge in [0.2, 0.25) is 0 Å². The molecule has 32 heavy (non-hydrogen) atoms. The molecule has 7 nitrogen and oxygen atoms in total. The second-order valence-corrected chi connectivity index (χ2v) is 8.24. The molecule has 0 unspecified atom stereocenters. The van der Waals surface area contributed by atoms with Crippen LogP contribution in [0.25, 0.3) is 0 Å². The van der Waals surface area contributed by atoms with Gasteiger partial charge in [-0.3, -0.25) is 0 Å². The van der Waals surface area contributed by atoms with Crippen LogP contribution in [0, 0.1) is 6.92 Å². The lowest BCUT2D eigenvalue weighted by molar-refractivity contribution is 0.0697. The lowest BCUT2D eigenvalue weighted by atomic mass is 10.1. The Morgan fingerprint density at radius 1 is 1.00 bits per heavy atom. The number of aromatic carboxylic acids is 1. The highest BCUT2D eigenvalue weighted by Crippen LogP contribution is 2.28. The summed E-state index contributed by atoms with van der Waals surface area (Å²) in [5, 5.41) is 9.72. The molecule has 0 radical (unpaired) electrons. The average Bonchev–Trinajstić information content (AvgIpc) is 2.80. The molecule has 3 rings (SSSR count). The van der Waals surface area contributed by atoms with Crippen LogP contribution in [0.4, 0.5) is 5.82 Å². The molecule has 1 N–H and O–H groups in total. The molecule has 0 saturated carbocycles. The smallest absolute Gasteiger partial charge is 0.335 e. The summed E-state index contributed by atoms with van der Waals surface area (Å²) in [6.45, 7) is 2.74. The minimum atomic E-state index is -0.924. The predicted octanol–water partition coefficient (Wildman–Crippen LogP) is 4.47. The number of carboxylic acid groups (broad SMARTS) is 1. The number of hydrogen-bond acceptors (Lipinski definition) is 7. The highest BCUT2D eigenvalue weighted by molar-refractivity contribution is 7.98. The molecule has 168 valence electrons. The molecule has 0 amide bonds. The van der Waals surface area contributed by atoms with Crippen molar-refractivity contribution in [1.29, 1.82) is 0 Å². The SMILES string of the molecule is COc1ccc(CCN(C)c2cc(C)nc(SCc3ccc(C(=O)O)cc3)n2)cc1OC. The van der Waals surface area contributed by atoms with Crippen LogP contribution in [-0.4, -0.2) is 48.9 Å². The lowest BCUT2D eigenvalue weighted by Gasteiger charge is -2.19. The molecule has 1 heterocycles. The second-order valence-electron chi connectivity index (χ2n) is 7.30. The molecule has 0 bridgehead atoms. The molecular formula is C24H27N3O4S. The molecule has 0 aliphatic carbocycles. The van der Waals surface area contributed by atoms with Gasteiger partial charge in [-0.2, -0.15) is 0 Å². The lowest BCUT2D eigenvalue weighted by Crippen LogP contribution is -2.22. The maximum Gasteiger partial charge on any atom is 0.335 e. The standard InChI is InChI=1S/C24H27N3O4S/c1-16-13-22(27(2)12-11-17-7-10-20(30-3)21(14-17)31-4)26-24(25-16)32-15-18-5-8-19(9-6-18)23(28)29/h5-10,13-14H,11-12,15H2,1-4H3,(H,28,29). The van der Waals surface area contributed by atoms with E-state index in [9.17, 15) is 4.79 Å². The van der Waals surface area contributed by atoms with E-state index >= 15 is 0 Å². The van der Waals surface area contributed by atoms with E-state index in [1.165, 1.54) is 11.8 Å². The molecule has 0 aliphatic rings. The molecule has 0 spiro atoms. The molecule has 1 aromatic heterocycles. The first-order valence-corrected chi connectivity index (χ1v) is 11.1. The van der Waals surface area contributed by atoms with Crippen LogP contribution in [0.3, 0.4) is 0 Å². The number of aryl methyl sites for hydroxylation is 1. The number of rotatable bonds is 10. The molecule has 0 saturated heterocycles. The zero-order chi connectivity index (χ0) is 23.1. The van der Waals surface area contributed by atoms with Gasteiger partial charge < -0.3 is 19.5 Å². The van der Waals surface area contributed by atoms with Gasteiger partial charge in [-0.1, -0.05) is 30.0 Å². The Morgan fingerprint density at radius 3 is 2.34 bits per heavy atom. The number of hydrogen-bond donors (Lipinski definition) is 1.